The van der Waals surface area contributed by atoms with Gasteiger partial charge in [0.25, 0.3) is 0 Å². The van der Waals surface area contributed by atoms with Gasteiger partial charge >= 0.3 is 5.97 Å². The van der Waals surface area contributed by atoms with Gasteiger partial charge in [-0.1, -0.05) is 0 Å². The minimum absolute atomic E-state index is 0.0307. The molecular formula is C8H8N2O4S. The van der Waals surface area contributed by atoms with Gasteiger partial charge in [-0.2, -0.15) is 0 Å². The largest absolute Gasteiger partial charge is 0.477 e. The summed E-state index contributed by atoms with van der Waals surface area (Å²) in [5.74, 6) is -1.57. The topological polar surface area (TPSA) is 101 Å². The molecule has 0 aromatic carbocycles. The third-order valence-electron chi connectivity index (χ3n) is 2.36. The Labute approximate surface area is 89.1 Å². The Balaban J connectivity index is 2.49. The lowest BCUT2D eigenvalue weighted by molar-refractivity contribution is -0.146. The number of rotatable bonds is 2. The maximum Gasteiger partial charge on any atom is 0.353 e. The minimum Gasteiger partial charge on any atom is -0.477 e. The number of hydrogen-bond donors (Lipinski definition) is 2. The van der Waals surface area contributed by atoms with Crippen LogP contribution in [0.5, 0.6) is 0 Å². The quantitative estimate of drug-likeness (QED) is 0.470. The molecule has 2 heterocycles. The van der Waals surface area contributed by atoms with E-state index in [0.717, 1.165) is 4.90 Å². The standard InChI is InChI=1S/C8H8N2O4S/c9-7-3(2-11)6(8(13)14)10-4(12)1-5(10)15-7/h2,5,7H,1,9H2,(H,13,14)/t5-,7?/m1/s1. The Morgan fingerprint density at radius 1 is 1.67 bits per heavy atom. The van der Waals surface area contributed by atoms with Crippen molar-refractivity contribution in [1.29, 1.82) is 0 Å². The fourth-order valence-corrected chi connectivity index (χ4v) is 2.87. The van der Waals surface area contributed by atoms with E-state index in [1.165, 1.54) is 11.8 Å². The molecule has 6 nitrogen and oxygen atoms in total. The zero-order chi connectivity index (χ0) is 11.2. The molecule has 1 amide bonds. The molecule has 1 saturated heterocycles. The first kappa shape index (κ1) is 10.2. The van der Waals surface area contributed by atoms with Crippen molar-refractivity contribution in [2.75, 3.05) is 0 Å². The van der Waals surface area contributed by atoms with Crippen molar-refractivity contribution in [3.63, 3.8) is 0 Å². The van der Waals surface area contributed by atoms with Crippen LogP contribution in [0, 0.1) is 0 Å². The molecule has 2 aliphatic rings. The smallest absolute Gasteiger partial charge is 0.353 e. The summed E-state index contributed by atoms with van der Waals surface area (Å²) in [4.78, 5) is 34.0. The average molecular weight is 228 g/mol. The number of aliphatic carboxylic acids is 1. The number of aldehydes is 1. The number of fused-ring (bicyclic) bond motifs is 1. The van der Waals surface area contributed by atoms with E-state index in [2.05, 4.69) is 0 Å². The van der Waals surface area contributed by atoms with Gasteiger partial charge in [-0.3, -0.25) is 14.5 Å². The second kappa shape index (κ2) is 3.35. The summed E-state index contributed by atoms with van der Waals surface area (Å²) in [6.45, 7) is 0. The first-order valence-corrected chi connectivity index (χ1v) is 5.16. The van der Waals surface area contributed by atoms with Gasteiger partial charge in [-0.15, -0.1) is 11.8 Å². The van der Waals surface area contributed by atoms with Crippen LogP contribution in [0.15, 0.2) is 11.3 Å². The van der Waals surface area contributed by atoms with Gasteiger partial charge in [0, 0.05) is 0 Å². The maximum atomic E-state index is 11.2. The minimum atomic E-state index is -1.29. The van der Waals surface area contributed by atoms with E-state index in [-0.39, 0.29) is 29.0 Å². The molecule has 7 heteroatoms. The molecular weight excluding hydrogens is 220 g/mol. The van der Waals surface area contributed by atoms with Crippen molar-refractivity contribution < 1.29 is 19.5 Å². The number of nitrogens with two attached hydrogens (primary N) is 1. The first-order chi connectivity index (χ1) is 7.06. The van der Waals surface area contributed by atoms with Crippen LogP contribution in [0.3, 0.4) is 0 Å². The van der Waals surface area contributed by atoms with E-state index >= 15 is 0 Å². The highest BCUT2D eigenvalue weighted by molar-refractivity contribution is 8.00. The summed E-state index contributed by atoms with van der Waals surface area (Å²) in [7, 11) is 0. The monoisotopic (exact) mass is 228 g/mol. The molecule has 0 aromatic heterocycles. The van der Waals surface area contributed by atoms with Gasteiger partial charge < -0.3 is 10.8 Å². The highest BCUT2D eigenvalue weighted by Crippen LogP contribution is 2.41. The van der Waals surface area contributed by atoms with Crippen LogP contribution in [-0.4, -0.2) is 38.9 Å². The molecule has 0 saturated carbocycles. The fourth-order valence-electron chi connectivity index (χ4n) is 1.63. The van der Waals surface area contributed by atoms with Crippen LogP contribution in [0.1, 0.15) is 6.42 Å². The number of carboxylic acids is 1. The lowest BCUT2D eigenvalue weighted by Crippen LogP contribution is -2.56. The van der Waals surface area contributed by atoms with Crippen molar-refractivity contribution in [3.05, 3.63) is 11.3 Å². The van der Waals surface area contributed by atoms with E-state index in [9.17, 15) is 14.4 Å². The van der Waals surface area contributed by atoms with Crippen LogP contribution < -0.4 is 5.73 Å². The summed E-state index contributed by atoms with van der Waals surface area (Å²) in [5, 5.41) is 8.02. The normalized spacial score (nSPS) is 29.7. The molecule has 0 spiro atoms. The van der Waals surface area contributed by atoms with Crippen LogP contribution in [0.25, 0.3) is 0 Å². The van der Waals surface area contributed by atoms with Gasteiger partial charge in [0.05, 0.1) is 22.7 Å². The summed E-state index contributed by atoms with van der Waals surface area (Å²) in [6, 6.07) is 0. The third kappa shape index (κ3) is 1.35. The van der Waals surface area contributed by atoms with Crippen molar-refractivity contribution in [3.8, 4) is 0 Å². The number of carbonyl (C=O) groups excluding carboxylic acids is 2. The second-order valence-electron chi connectivity index (χ2n) is 3.21. The maximum absolute atomic E-state index is 11.2. The molecule has 0 radical (unpaired) electrons. The number of thioether (sulfide) groups is 1. The van der Waals surface area contributed by atoms with Gasteiger partial charge in [0.1, 0.15) is 5.70 Å². The number of carboxylic acid groups (broad SMARTS) is 1. The first-order valence-electron chi connectivity index (χ1n) is 4.22. The van der Waals surface area contributed by atoms with E-state index in [1.807, 2.05) is 0 Å². The lowest BCUT2D eigenvalue weighted by atomic mass is 10.1. The second-order valence-corrected chi connectivity index (χ2v) is 4.53. The molecule has 0 aromatic rings. The van der Waals surface area contributed by atoms with E-state index in [4.69, 9.17) is 10.8 Å². The Kier molecular flexibility index (Phi) is 2.28. The summed E-state index contributed by atoms with van der Waals surface area (Å²) >= 11 is 1.22. The van der Waals surface area contributed by atoms with Gasteiger partial charge in [0.2, 0.25) is 5.91 Å². The Hall–Kier alpha value is -1.34. The SMILES string of the molecule is NC1S[C@@H]2CC(=O)N2C(C(=O)O)=C1C=O. The number of β-lactam (4-membered cyclic amide) rings is 1. The highest BCUT2D eigenvalue weighted by Gasteiger charge is 2.47. The highest BCUT2D eigenvalue weighted by atomic mass is 32.2. The molecule has 1 fully saturated rings. The van der Waals surface area contributed by atoms with E-state index in [0.29, 0.717) is 6.29 Å². The number of amides is 1. The number of nitrogens with zero attached hydrogens (tertiary/aromatic N) is 1. The molecule has 0 bridgehead atoms. The Morgan fingerprint density at radius 3 is 2.80 bits per heavy atom. The zero-order valence-corrected chi connectivity index (χ0v) is 8.36. The summed E-state index contributed by atoms with van der Waals surface area (Å²) < 4.78 is 0. The molecule has 0 aliphatic carbocycles. The molecule has 3 N–H and O–H groups in total. The van der Waals surface area contributed by atoms with E-state index in [1.54, 1.807) is 0 Å². The molecule has 2 aliphatic heterocycles. The summed E-state index contributed by atoms with van der Waals surface area (Å²) in [5.41, 5.74) is 5.33. The predicted molar refractivity (Wildman–Crippen MR) is 51.5 cm³/mol. The molecule has 2 atom stereocenters. The fraction of sp³-hybridized carbons (Fsp3) is 0.375. The van der Waals surface area contributed by atoms with Gasteiger partial charge in [-0.05, 0) is 0 Å². The van der Waals surface area contributed by atoms with Crippen LogP contribution >= 0.6 is 11.8 Å². The van der Waals surface area contributed by atoms with Gasteiger partial charge in [0.15, 0.2) is 6.29 Å². The predicted octanol–water partition coefficient (Wildman–Crippen LogP) is -0.886. The molecule has 2 rings (SSSR count). The van der Waals surface area contributed by atoms with Crippen molar-refractivity contribution in [2.45, 2.75) is 17.2 Å². The van der Waals surface area contributed by atoms with Crippen molar-refractivity contribution in [1.82, 2.24) is 4.90 Å². The van der Waals surface area contributed by atoms with Crippen LogP contribution in [-0.2, 0) is 14.4 Å². The Bertz CT molecular complexity index is 392. The summed E-state index contributed by atoms with van der Waals surface area (Å²) in [6.07, 6.45) is 0.685. The molecule has 15 heavy (non-hydrogen) atoms. The molecule has 80 valence electrons. The number of carbonyl (C=O) groups is 3. The number of hydrogen-bond acceptors (Lipinski definition) is 5. The lowest BCUT2D eigenvalue weighted by Gasteiger charge is -2.44. The van der Waals surface area contributed by atoms with E-state index < -0.39 is 11.3 Å². The van der Waals surface area contributed by atoms with Crippen LogP contribution in [0.2, 0.25) is 0 Å². The van der Waals surface area contributed by atoms with Crippen LogP contribution in [0.4, 0.5) is 0 Å². The zero-order valence-electron chi connectivity index (χ0n) is 7.54. The third-order valence-corrected chi connectivity index (χ3v) is 3.60. The molecule has 1 unspecified atom stereocenters. The van der Waals surface area contributed by atoms with Gasteiger partial charge in [-0.25, -0.2) is 4.79 Å². The van der Waals surface area contributed by atoms with Crippen molar-refractivity contribution >= 4 is 29.9 Å². The van der Waals surface area contributed by atoms with Crippen molar-refractivity contribution in [2.24, 2.45) is 5.73 Å². The Morgan fingerprint density at radius 2 is 2.33 bits per heavy atom. The average Bonchev–Trinajstić information content (AvgIpc) is 2.15.